The van der Waals surface area contributed by atoms with Gasteiger partial charge in [0.05, 0.1) is 26.4 Å². The highest BCUT2D eigenvalue weighted by Gasteiger charge is 2.28. The van der Waals surface area contributed by atoms with Crippen molar-refractivity contribution in [2.24, 2.45) is 4.99 Å². The number of benzene rings is 1. The molecule has 0 atom stereocenters. The maximum absolute atomic E-state index is 5.68. The molecule has 1 aromatic carbocycles. The second-order valence-corrected chi connectivity index (χ2v) is 9.07. The highest BCUT2D eigenvalue weighted by Crippen LogP contribution is 2.29. The van der Waals surface area contributed by atoms with Crippen LogP contribution in [0.3, 0.4) is 0 Å². The monoisotopic (exact) mass is 521 g/mol. The Morgan fingerprint density at radius 1 is 1.21 bits per heavy atom. The quantitative estimate of drug-likeness (QED) is 0.229. The molecule has 0 aromatic heterocycles. The zero-order valence-corrected chi connectivity index (χ0v) is 20.8. The van der Waals surface area contributed by atoms with Crippen molar-refractivity contribution in [3.8, 4) is 0 Å². The molecule has 0 bridgehead atoms. The van der Waals surface area contributed by atoms with Crippen LogP contribution in [-0.4, -0.2) is 60.8 Å². The van der Waals surface area contributed by atoms with Crippen LogP contribution in [0.4, 0.5) is 0 Å². The Morgan fingerprint density at radius 3 is 2.68 bits per heavy atom. The molecule has 1 aliphatic rings. The van der Waals surface area contributed by atoms with Crippen molar-refractivity contribution in [2.45, 2.75) is 45.6 Å². The fourth-order valence-corrected chi connectivity index (χ4v) is 4.17. The maximum atomic E-state index is 5.68. The van der Waals surface area contributed by atoms with Gasteiger partial charge in [-0.05, 0) is 38.8 Å². The van der Waals surface area contributed by atoms with Gasteiger partial charge in [-0.2, -0.15) is 11.8 Å². The second-order valence-electron chi connectivity index (χ2n) is 7.27. The average Bonchev–Trinajstić information content (AvgIpc) is 2.64. The number of halogens is 1. The summed E-state index contributed by atoms with van der Waals surface area (Å²) in [6.07, 6.45) is 0. The van der Waals surface area contributed by atoms with E-state index in [4.69, 9.17) is 14.5 Å². The standard InChI is InChI=1S/C21H35N3O2S.HI/c1-5-22-20(24-10-13-27-21(3,4)17-24)23-15-18-8-7-9-19(14-18)16-26-12-11-25-6-2;/h7-9,14H,5-6,10-13,15-17H2,1-4H3,(H,22,23);1H. The van der Waals surface area contributed by atoms with Crippen molar-refractivity contribution in [2.75, 3.05) is 45.2 Å². The molecule has 0 saturated carbocycles. The third kappa shape index (κ3) is 9.33. The Morgan fingerprint density at radius 2 is 1.96 bits per heavy atom. The first-order chi connectivity index (χ1) is 13.0. The van der Waals surface area contributed by atoms with E-state index in [1.165, 1.54) is 11.1 Å². The topological polar surface area (TPSA) is 46.1 Å². The van der Waals surface area contributed by atoms with E-state index >= 15 is 0 Å². The molecule has 1 heterocycles. The van der Waals surface area contributed by atoms with E-state index in [9.17, 15) is 0 Å². The third-order valence-corrected chi connectivity index (χ3v) is 5.60. The maximum Gasteiger partial charge on any atom is 0.194 e. The van der Waals surface area contributed by atoms with Crippen LogP contribution in [-0.2, 0) is 22.6 Å². The van der Waals surface area contributed by atoms with Crippen molar-refractivity contribution < 1.29 is 9.47 Å². The van der Waals surface area contributed by atoms with E-state index in [2.05, 4.69) is 55.3 Å². The van der Waals surface area contributed by atoms with E-state index < -0.39 is 0 Å². The Labute approximate surface area is 192 Å². The largest absolute Gasteiger partial charge is 0.379 e. The summed E-state index contributed by atoms with van der Waals surface area (Å²) in [6, 6.07) is 8.50. The number of ether oxygens (including phenoxy) is 2. The Balaban J connectivity index is 0.00000392. The van der Waals surface area contributed by atoms with Crippen LogP contribution in [0.1, 0.15) is 38.8 Å². The number of nitrogens with one attached hydrogen (secondary N) is 1. The highest BCUT2D eigenvalue weighted by atomic mass is 127. The molecule has 2 rings (SSSR count). The lowest BCUT2D eigenvalue weighted by Crippen LogP contribution is -2.50. The predicted molar refractivity (Wildman–Crippen MR) is 131 cm³/mol. The molecule has 1 aliphatic heterocycles. The van der Waals surface area contributed by atoms with Gasteiger partial charge in [-0.1, -0.05) is 24.3 Å². The predicted octanol–water partition coefficient (Wildman–Crippen LogP) is 4.15. The molecule has 0 spiro atoms. The van der Waals surface area contributed by atoms with Gasteiger partial charge in [-0.15, -0.1) is 24.0 Å². The van der Waals surface area contributed by atoms with Crippen molar-refractivity contribution >= 4 is 41.7 Å². The Hall–Kier alpha value is -0.510. The van der Waals surface area contributed by atoms with Gasteiger partial charge < -0.3 is 19.7 Å². The summed E-state index contributed by atoms with van der Waals surface area (Å²) in [4.78, 5) is 7.29. The van der Waals surface area contributed by atoms with Crippen LogP contribution in [0.15, 0.2) is 29.3 Å². The van der Waals surface area contributed by atoms with Gasteiger partial charge in [-0.3, -0.25) is 0 Å². The minimum absolute atomic E-state index is 0. The molecule has 28 heavy (non-hydrogen) atoms. The first-order valence-corrected chi connectivity index (χ1v) is 10.9. The van der Waals surface area contributed by atoms with E-state index in [0.29, 0.717) is 26.4 Å². The second kappa shape index (κ2) is 13.7. The van der Waals surface area contributed by atoms with Crippen molar-refractivity contribution in [1.29, 1.82) is 0 Å². The summed E-state index contributed by atoms with van der Waals surface area (Å²) in [7, 11) is 0. The average molecular weight is 522 g/mol. The minimum atomic E-state index is 0. The van der Waals surface area contributed by atoms with Crippen LogP contribution < -0.4 is 5.32 Å². The number of guanidine groups is 1. The van der Waals surface area contributed by atoms with Crippen LogP contribution in [0.25, 0.3) is 0 Å². The number of rotatable bonds is 9. The van der Waals surface area contributed by atoms with Gasteiger partial charge in [-0.25, -0.2) is 4.99 Å². The summed E-state index contributed by atoms with van der Waals surface area (Å²) in [5, 5.41) is 3.46. The first kappa shape index (κ1) is 25.5. The van der Waals surface area contributed by atoms with E-state index in [-0.39, 0.29) is 28.7 Å². The smallest absolute Gasteiger partial charge is 0.194 e. The number of nitrogens with zero attached hydrogens (tertiary/aromatic N) is 2. The fraction of sp³-hybridized carbons (Fsp3) is 0.667. The molecule has 7 heteroatoms. The van der Waals surface area contributed by atoms with Gasteiger partial charge in [0.15, 0.2) is 5.96 Å². The molecule has 1 saturated heterocycles. The molecule has 1 N–H and O–H groups in total. The van der Waals surface area contributed by atoms with E-state index in [1.54, 1.807) is 0 Å². The fourth-order valence-electron chi connectivity index (χ4n) is 3.06. The van der Waals surface area contributed by atoms with E-state index in [0.717, 1.165) is 38.0 Å². The minimum Gasteiger partial charge on any atom is -0.379 e. The van der Waals surface area contributed by atoms with Gasteiger partial charge in [0, 0.05) is 36.7 Å². The van der Waals surface area contributed by atoms with Gasteiger partial charge in [0.2, 0.25) is 0 Å². The zero-order chi connectivity index (χ0) is 19.5. The summed E-state index contributed by atoms with van der Waals surface area (Å²) in [6.45, 7) is 15.0. The summed E-state index contributed by atoms with van der Waals surface area (Å²) >= 11 is 2.04. The molecule has 1 aromatic rings. The van der Waals surface area contributed by atoms with Gasteiger partial charge in [0.25, 0.3) is 0 Å². The molecular formula is C21H36IN3O2S. The Kier molecular flexibility index (Phi) is 12.5. The summed E-state index contributed by atoms with van der Waals surface area (Å²) in [5.41, 5.74) is 2.39. The zero-order valence-electron chi connectivity index (χ0n) is 17.7. The number of hydrogen-bond acceptors (Lipinski definition) is 4. The lowest BCUT2D eigenvalue weighted by atomic mass is 10.1. The van der Waals surface area contributed by atoms with Crippen molar-refractivity contribution in [3.63, 3.8) is 0 Å². The molecule has 1 fully saturated rings. The molecular weight excluding hydrogens is 485 g/mol. The van der Waals surface area contributed by atoms with Gasteiger partial charge in [0.1, 0.15) is 0 Å². The van der Waals surface area contributed by atoms with Crippen LogP contribution >= 0.6 is 35.7 Å². The lowest BCUT2D eigenvalue weighted by molar-refractivity contribution is 0.0453. The number of hydrogen-bond donors (Lipinski definition) is 1. The van der Waals surface area contributed by atoms with Crippen LogP contribution in [0.5, 0.6) is 0 Å². The van der Waals surface area contributed by atoms with Crippen LogP contribution in [0.2, 0.25) is 0 Å². The van der Waals surface area contributed by atoms with Crippen molar-refractivity contribution in [3.05, 3.63) is 35.4 Å². The third-order valence-electron chi connectivity index (χ3n) is 4.31. The highest BCUT2D eigenvalue weighted by molar-refractivity contribution is 14.0. The molecule has 0 amide bonds. The number of thioether (sulfide) groups is 1. The van der Waals surface area contributed by atoms with Crippen molar-refractivity contribution in [1.82, 2.24) is 10.2 Å². The SMILES string of the molecule is CCNC(=NCc1cccc(COCCOCC)c1)N1CCSC(C)(C)C1.I. The Bertz CT molecular complexity index is 599. The molecule has 0 unspecified atom stereocenters. The lowest BCUT2D eigenvalue weighted by Gasteiger charge is -2.39. The molecule has 0 aliphatic carbocycles. The van der Waals surface area contributed by atoms with E-state index in [1.807, 2.05) is 18.7 Å². The van der Waals surface area contributed by atoms with Crippen LogP contribution in [0, 0.1) is 0 Å². The normalized spacial score (nSPS) is 16.6. The van der Waals surface area contributed by atoms with Gasteiger partial charge >= 0.3 is 0 Å². The molecule has 160 valence electrons. The summed E-state index contributed by atoms with van der Waals surface area (Å²) in [5.74, 6) is 2.16. The molecule has 0 radical (unpaired) electrons. The molecule has 5 nitrogen and oxygen atoms in total. The number of aliphatic imine (C=N–C) groups is 1. The first-order valence-electron chi connectivity index (χ1n) is 9.94. The summed E-state index contributed by atoms with van der Waals surface area (Å²) < 4.78 is 11.2.